The van der Waals surface area contributed by atoms with Crippen LogP contribution in [0.3, 0.4) is 0 Å². The standard InChI is InChI=1S/C12H15NO4/c1-8-4-6-13(7-5-8)11(14)9-2-3-10(17-9)12(15)16/h2-3,8H,4-7H2,1H3,(H,15,16). The van der Waals surface area contributed by atoms with E-state index in [0.717, 1.165) is 12.8 Å². The minimum Gasteiger partial charge on any atom is -0.475 e. The molecule has 1 N–H and O–H groups in total. The average molecular weight is 237 g/mol. The van der Waals surface area contributed by atoms with Gasteiger partial charge in [0.1, 0.15) is 0 Å². The first kappa shape index (κ1) is 11.7. The van der Waals surface area contributed by atoms with Crippen molar-refractivity contribution in [2.75, 3.05) is 13.1 Å². The number of piperidine rings is 1. The minimum atomic E-state index is -1.16. The normalized spacial score (nSPS) is 17.1. The van der Waals surface area contributed by atoms with E-state index in [-0.39, 0.29) is 17.4 Å². The van der Waals surface area contributed by atoms with Gasteiger partial charge in [0.25, 0.3) is 5.91 Å². The molecule has 0 saturated carbocycles. The van der Waals surface area contributed by atoms with Crippen molar-refractivity contribution in [3.8, 4) is 0 Å². The molecule has 0 aliphatic carbocycles. The molecule has 0 atom stereocenters. The summed E-state index contributed by atoms with van der Waals surface area (Å²) in [7, 11) is 0. The molecule has 0 spiro atoms. The lowest BCUT2D eigenvalue weighted by Gasteiger charge is -2.29. The number of carboxylic acids is 1. The van der Waals surface area contributed by atoms with Gasteiger partial charge in [0.05, 0.1) is 0 Å². The largest absolute Gasteiger partial charge is 0.475 e. The number of carbonyl (C=O) groups excluding carboxylic acids is 1. The van der Waals surface area contributed by atoms with E-state index in [1.165, 1.54) is 12.1 Å². The van der Waals surface area contributed by atoms with Crippen molar-refractivity contribution in [3.05, 3.63) is 23.7 Å². The van der Waals surface area contributed by atoms with Crippen molar-refractivity contribution in [2.45, 2.75) is 19.8 Å². The summed E-state index contributed by atoms with van der Waals surface area (Å²) in [5.74, 6) is -0.818. The maximum Gasteiger partial charge on any atom is 0.371 e. The molecular weight excluding hydrogens is 222 g/mol. The zero-order valence-corrected chi connectivity index (χ0v) is 9.68. The summed E-state index contributed by atoms with van der Waals surface area (Å²) in [6.45, 7) is 3.59. The van der Waals surface area contributed by atoms with Gasteiger partial charge in [-0.15, -0.1) is 0 Å². The van der Waals surface area contributed by atoms with Crippen LogP contribution in [0, 0.1) is 5.92 Å². The second kappa shape index (κ2) is 4.61. The summed E-state index contributed by atoms with van der Waals surface area (Å²) in [6, 6.07) is 2.73. The van der Waals surface area contributed by atoms with Crippen molar-refractivity contribution in [1.82, 2.24) is 4.90 Å². The second-order valence-electron chi connectivity index (χ2n) is 4.44. The van der Waals surface area contributed by atoms with Crippen LogP contribution in [0.2, 0.25) is 0 Å². The van der Waals surface area contributed by atoms with Gasteiger partial charge in [-0.1, -0.05) is 6.92 Å². The third kappa shape index (κ3) is 2.49. The fourth-order valence-corrected chi connectivity index (χ4v) is 1.94. The van der Waals surface area contributed by atoms with E-state index in [1.54, 1.807) is 4.90 Å². The number of carboxylic acid groups (broad SMARTS) is 1. The molecule has 5 nitrogen and oxygen atoms in total. The highest BCUT2D eigenvalue weighted by Crippen LogP contribution is 2.19. The Labute approximate surface area is 99.0 Å². The van der Waals surface area contributed by atoms with Crippen LogP contribution in [0.4, 0.5) is 0 Å². The van der Waals surface area contributed by atoms with Crippen LogP contribution in [0.1, 0.15) is 40.9 Å². The molecule has 1 aromatic heterocycles. The average Bonchev–Trinajstić information content (AvgIpc) is 2.78. The Bertz CT molecular complexity index is 429. The summed E-state index contributed by atoms with van der Waals surface area (Å²) in [4.78, 5) is 24.3. The first-order valence-corrected chi connectivity index (χ1v) is 5.70. The van der Waals surface area contributed by atoms with Crippen LogP contribution in [-0.2, 0) is 0 Å². The molecule has 0 aromatic carbocycles. The van der Waals surface area contributed by atoms with Crippen LogP contribution in [0.25, 0.3) is 0 Å². The van der Waals surface area contributed by atoms with Gasteiger partial charge in [0.15, 0.2) is 5.76 Å². The van der Waals surface area contributed by atoms with Gasteiger partial charge in [-0.3, -0.25) is 4.79 Å². The smallest absolute Gasteiger partial charge is 0.371 e. The third-order valence-electron chi connectivity index (χ3n) is 3.10. The molecule has 0 radical (unpaired) electrons. The summed E-state index contributed by atoms with van der Waals surface area (Å²) in [6.07, 6.45) is 1.97. The molecule has 5 heteroatoms. The van der Waals surface area contributed by atoms with E-state index < -0.39 is 5.97 Å². The number of furan rings is 1. The Hall–Kier alpha value is -1.78. The maximum absolute atomic E-state index is 12.0. The number of hydrogen-bond acceptors (Lipinski definition) is 3. The number of hydrogen-bond donors (Lipinski definition) is 1. The molecule has 92 valence electrons. The fraction of sp³-hybridized carbons (Fsp3) is 0.500. The van der Waals surface area contributed by atoms with Crippen LogP contribution in [0.5, 0.6) is 0 Å². The summed E-state index contributed by atoms with van der Waals surface area (Å²) >= 11 is 0. The Morgan fingerprint density at radius 1 is 1.29 bits per heavy atom. The van der Waals surface area contributed by atoms with E-state index >= 15 is 0 Å². The molecule has 1 aliphatic rings. The van der Waals surface area contributed by atoms with Gasteiger partial charge in [0.2, 0.25) is 5.76 Å². The fourth-order valence-electron chi connectivity index (χ4n) is 1.94. The number of likely N-dealkylation sites (tertiary alicyclic amines) is 1. The maximum atomic E-state index is 12.0. The van der Waals surface area contributed by atoms with E-state index in [1.807, 2.05) is 0 Å². The Balaban J connectivity index is 2.06. The topological polar surface area (TPSA) is 70.8 Å². The molecular formula is C12H15NO4. The van der Waals surface area contributed by atoms with E-state index in [4.69, 9.17) is 9.52 Å². The molecule has 17 heavy (non-hydrogen) atoms. The van der Waals surface area contributed by atoms with Crippen molar-refractivity contribution < 1.29 is 19.1 Å². The van der Waals surface area contributed by atoms with Gasteiger partial charge >= 0.3 is 5.97 Å². The quantitative estimate of drug-likeness (QED) is 0.852. The molecule has 1 fully saturated rings. The van der Waals surface area contributed by atoms with Gasteiger partial charge in [-0.2, -0.15) is 0 Å². The third-order valence-corrected chi connectivity index (χ3v) is 3.10. The van der Waals surface area contributed by atoms with Crippen LogP contribution < -0.4 is 0 Å². The van der Waals surface area contributed by atoms with Crippen LogP contribution >= 0.6 is 0 Å². The van der Waals surface area contributed by atoms with E-state index in [9.17, 15) is 9.59 Å². The first-order valence-electron chi connectivity index (χ1n) is 5.70. The number of rotatable bonds is 2. The van der Waals surface area contributed by atoms with Crippen molar-refractivity contribution in [2.24, 2.45) is 5.92 Å². The lowest BCUT2D eigenvalue weighted by Crippen LogP contribution is -2.37. The molecule has 2 rings (SSSR count). The SMILES string of the molecule is CC1CCN(C(=O)c2ccc(C(=O)O)o2)CC1. The molecule has 1 amide bonds. The van der Waals surface area contributed by atoms with Gasteiger partial charge in [-0.25, -0.2) is 4.79 Å². The van der Waals surface area contributed by atoms with Gasteiger partial charge < -0.3 is 14.4 Å². The first-order chi connectivity index (χ1) is 8.08. The summed E-state index contributed by atoms with van der Waals surface area (Å²) < 4.78 is 5.00. The Morgan fingerprint density at radius 2 is 1.88 bits per heavy atom. The number of carbonyl (C=O) groups is 2. The highest BCUT2D eigenvalue weighted by Gasteiger charge is 2.24. The lowest BCUT2D eigenvalue weighted by molar-refractivity contribution is 0.0633. The molecule has 0 unspecified atom stereocenters. The summed E-state index contributed by atoms with van der Waals surface area (Å²) in [5, 5.41) is 8.71. The highest BCUT2D eigenvalue weighted by atomic mass is 16.4. The molecule has 1 aliphatic heterocycles. The van der Waals surface area contributed by atoms with E-state index in [2.05, 4.69) is 6.92 Å². The molecule has 1 saturated heterocycles. The Morgan fingerprint density at radius 3 is 2.41 bits per heavy atom. The van der Waals surface area contributed by atoms with Crippen LogP contribution in [-0.4, -0.2) is 35.0 Å². The monoisotopic (exact) mass is 237 g/mol. The number of amides is 1. The number of aromatic carboxylic acids is 1. The summed E-state index contributed by atoms with van der Waals surface area (Å²) in [5.41, 5.74) is 0. The van der Waals surface area contributed by atoms with Gasteiger partial charge in [0, 0.05) is 13.1 Å². The molecule has 2 heterocycles. The predicted octanol–water partition coefficient (Wildman–Crippen LogP) is 1.85. The molecule has 0 bridgehead atoms. The molecule has 1 aromatic rings. The number of nitrogens with zero attached hydrogens (tertiary/aromatic N) is 1. The van der Waals surface area contributed by atoms with Crippen molar-refractivity contribution in [3.63, 3.8) is 0 Å². The minimum absolute atomic E-state index is 0.108. The van der Waals surface area contributed by atoms with Crippen LogP contribution in [0.15, 0.2) is 16.5 Å². The second-order valence-corrected chi connectivity index (χ2v) is 4.44. The van der Waals surface area contributed by atoms with Gasteiger partial charge in [-0.05, 0) is 30.9 Å². The van der Waals surface area contributed by atoms with Crippen molar-refractivity contribution in [1.29, 1.82) is 0 Å². The predicted molar refractivity (Wildman–Crippen MR) is 60.0 cm³/mol. The lowest BCUT2D eigenvalue weighted by atomic mass is 9.99. The highest BCUT2D eigenvalue weighted by molar-refractivity contribution is 5.93. The van der Waals surface area contributed by atoms with E-state index in [0.29, 0.717) is 19.0 Å². The zero-order valence-electron chi connectivity index (χ0n) is 9.68. The van der Waals surface area contributed by atoms with Crippen molar-refractivity contribution >= 4 is 11.9 Å². The zero-order chi connectivity index (χ0) is 12.4. The Kier molecular flexibility index (Phi) is 3.17.